The van der Waals surface area contributed by atoms with Crippen LogP contribution >= 0.6 is 11.6 Å². The standard InChI is InChI=1S/C8H12ClN3O/c1-6(9)2-4-10-8(13)7-3-5-11-12-7/h3,5-6H,2,4H2,1H3,(H,10,13)(H,11,12). The number of alkyl halides is 1. The molecule has 1 aromatic rings. The molecule has 13 heavy (non-hydrogen) atoms. The molecule has 4 nitrogen and oxygen atoms in total. The van der Waals surface area contributed by atoms with Crippen molar-refractivity contribution < 1.29 is 4.79 Å². The number of aromatic amines is 1. The third kappa shape index (κ3) is 3.46. The van der Waals surface area contributed by atoms with Crippen molar-refractivity contribution in [2.24, 2.45) is 0 Å². The summed E-state index contributed by atoms with van der Waals surface area (Å²) >= 11 is 5.71. The Labute approximate surface area is 81.7 Å². The fourth-order valence-corrected chi connectivity index (χ4v) is 0.971. The highest BCUT2D eigenvalue weighted by molar-refractivity contribution is 6.20. The third-order valence-corrected chi connectivity index (χ3v) is 1.79. The first-order valence-electron chi connectivity index (χ1n) is 4.12. The number of amides is 1. The lowest BCUT2D eigenvalue weighted by atomic mass is 10.3. The van der Waals surface area contributed by atoms with Crippen molar-refractivity contribution in [2.75, 3.05) is 6.54 Å². The van der Waals surface area contributed by atoms with Gasteiger partial charge in [0.1, 0.15) is 5.69 Å². The average Bonchev–Trinajstić information content (AvgIpc) is 2.55. The van der Waals surface area contributed by atoms with Gasteiger partial charge in [-0.05, 0) is 19.4 Å². The Bertz CT molecular complexity index is 258. The summed E-state index contributed by atoms with van der Waals surface area (Å²) in [5.41, 5.74) is 0.474. The van der Waals surface area contributed by atoms with Crippen molar-refractivity contribution in [1.82, 2.24) is 15.5 Å². The van der Waals surface area contributed by atoms with E-state index in [-0.39, 0.29) is 11.3 Å². The molecule has 1 aromatic heterocycles. The van der Waals surface area contributed by atoms with Crippen molar-refractivity contribution in [2.45, 2.75) is 18.7 Å². The summed E-state index contributed by atoms with van der Waals surface area (Å²) in [6.07, 6.45) is 2.31. The van der Waals surface area contributed by atoms with Crippen molar-refractivity contribution in [3.63, 3.8) is 0 Å². The van der Waals surface area contributed by atoms with Crippen LogP contribution in [0.1, 0.15) is 23.8 Å². The monoisotopic (exact) mass is 201 g/mol. The molecule has 0 aliphatic heterocycles. The van der Waals surface area contributed by atoms with Crippen LogP contribution in [-0.4, -0.2) is 28.0 Å². The van der Waals surface area contributed by atoms with Gasteiger partial charge >= 0.3 is 0 Å². The summed E-state index contributed by atoms with van der Waals surface area (Å²) in [5, 5.41) is 9.06. The second kappa shape index (κ2) is 4.87. The maximum atomic E-state index is 11.3. The first-order chi connectivity index (χ1) is 6.20. The topological polar surface area (TPSA) is 57.8 Å². The van der Waals surface area contributed by atoms with Gasteiger partial charge in [-0.15, -0.1) is 11.6 Å². The largest absolute Gasteiger partial charge is 0.351 e. The Hall–Kier alpha value is -1.03. The van der Waals surface area contributed by atoms with Crippen LogP contribution in [0.4, 0.5) is 0 Å². The first-order valence-corrected chi connectivity index (χ1v) is 4.55. The van der Waals surface area contributed by atoms with Crippen LogP contribution in [0, 0.1) is 0 Å². The number of nitrogens with one attached hydrogen (secondary N) is 2. The molecule has 0 saturated carbocycles. The minimum absolute atomic E-state index is 0.0852. The maximum absolute atomic E-state index is 11.3. The van der Waals surface area contributed by atoms with E-state index in [2.05, 4.69) is 15.5 Å². The second-order valence-electron chi connectivity index (χ2n) is 2.80. The summed E-state index contributed by atoms with van der Waals surface area (Å²) < 4.78 is 0. The quantitative estimate of drug-likeness (QED) is 0.719. The summed E-state index contributed by atoms with van der Waals surface area (Å²) in [5.74, 6) is -0.144. The van der Waals surface area contributed by atoms with Gasteiger partial charge in [0.05, 0.1) is 0 Å². The molecule has 5 heteroatoms. The van der Waals surface area contributed by atoms with E-state index in [0.717, 1.165) is 6.42 Å². The molecule has 1 rings (SSSR count). The zero-order valence-electron chi connectivity index (χ0n) is 7.38. The molecule has 0 aliphatic carbocycles. The van der Waals surface area contributed by atoms with Crippen LogP contribution in [0.5, 0.6) is 0 Å². The van der Waals surface area contributed by atoms with Crippen LogP contribution in [0.25, 0.3) is 0 Å². The van der Waals surface area contributed by atoms with E-state index in [1.807, 2.05) is 6.92 Å². The molecule has 0 bridgehead atoms. The molecule has 0 aliphatic rings. The van der Waals surface area contributed by atoms with Crippen LogP contribution < -0.4 is 5.32 Å². The molecule has 72 valence electrons. The van der Waals surface area contributed by atoms with Gasteiger partial charge < -0.3 is 5.32 Å². The molecule has 1 atom stereocenters. The summed E-state index contributed by atoms with van der Waals surface area (Å²) in [6, 6.07) is 1.62. The third-order valence-electron chi connectivity index (χ3n) is 1.57. The second-order valence-corrected chi connectivity index (χ2v) is 3.54. The molecule has 0 spiro atoms. The van der Waals surface area contributed by atoms with E-state index >= 15 is 0 Å². The highest BCUT2D eigenvalue weighted by atomic mass is 35.5. The van der Waals surface area contributed by atoms with Crippen LogP contribution in [0.3, 0.4) is 0 Å². The Morgan fingerprint density at radius 3 is 3.15 bits per heavy atom. The maximum Gasteiger partial charge on any atom is 0.269 e. The Morgan fingerprint density at radius 1 is 1.85 bits per heavy atom. The number of halogens is 1. The fourth-order valence-electron chi connectivity index (χ4n) is 0.862. The van der Waals surface area contributed by atoms with E-state index < -0.39 is 0 Å². The zero-order chi connectivity index (χ0) is 9.68. The predicted octanol–water partition coefficient (Wildman–Crippen LogP) is 1.16. The smallest absolute Gasteiger partial charge is 0.269 e. The van der Waals surface area contributed by atoms with Crippen LogP contribution in [0.15, 0.2) is 12.3 Å². The Balaban J connectivity index is 2.27. The van der Waals surface area contributed by atoms with Gasteiger partial charge in [0, 0.05) is 18.1 Å². The highest BCUT2D eigenvalue weighted by Crippen LogP contribution is 1.98. The van der Waals surface area contributed by atoms with E-state index in [1.54, 1.807) is 12.3 Å². The van der Waals surface area contributed by atoms with Gasteiger partial charge in [0.2, 0.25) is 0 Å². The molecule has 1 heterocycles. The molecule has 0 aromatic carbocycles. The summed E-state index contributed by atoms with van der Waals surface area (Å²) in [4.78, 5) is 11.3. The van der Waals surface area contributed by atoms with Crippen LogP contribution in [-0.2, 0) is 0 Å². The van der Waals surface area contributed by atoms with Gasteiger partial charge in [-0.3, -0.25) is 9.89 Å². The molecular formula is C8H12ClN3O. The lowest BCUT2D eigenvalue weighted by Crippen LogP contribution is -2.25. The van der Waals surface area contributed by atoms with E-state index in [0.29, 0.717) is 12.2 Å². The van der Waals surface area contributed by atoms with Gasteiger partial charge in [-0.1, -0.05) is 0 Å². The van der Waals surface area contributed by atoms with Gasteiger partial charge in [-0.25, -0.2) is 0 Å². The minimum atomic E-state index is -0.144. The zero-order valence-corrected chi connectivity index (χ0v) is 8.14. The van der Waals surface area contributed by atoms with Gasteiger partial charge in [-0.2, -0.15) is 5.10 Å². The molecule has 0 fully saturated rings. The molecule has 2 N–H and O–H groups in total. The molecule has 1 amide bonds. The number of rotatable bonds is 4. The van der Waals surface area contributed by atoms with Gasteiger partial charge in [0.25, 0.3) is 5.91 Å². The van der Waals surface area contributed by atoms with Crippen molar-refractivity contribution in [3.05, 3.63) is 18.0 Å². The van der Waals surface area contributed by atoms with Crippen LogP contribution in [0.2, 0.25) is 0 Å². The molecule has 0 radical (unpaired) electrons. The van der Waals surface area contributed by atoms with Crippen molar-refractivity contribution in [3.8, 4) is 0 Å². The predicted molar refractivity (Wildman–Crippen MR) is 50.9 cm³/mol. The van der Waals surface area contributed by atoms with E-state index in [9.17, 15) is 4.79 Å². The lowest BCUT2D eigenvalue weighted by molar-refractivity contribution is 0.0948. The average molecular weight is 202 g/mol. The minimum Gasteiger partial charge on any atom is -0.351 e. The number of hydrogen-bond acceptors (Lipinski definition) is 2. The van der Waals surface area contributed by atoms with Gasteiger partial charge in [0.15, 0.2) is 0 Å². The summed E-state index contributed by atoms with van der Waals surface area (Å²) in [7, 11) is 0. The normalized spacial score (nSPS) is 12.5. The number of carbonyl (C=O) groups is 1. The number of carbonyl (C=O) groups excluding carboxylic acids is 1. The Kier molecular flexibility index (Phi) is 3.76. The highest BCUT2D eigenvalue weighted by Gasteiger charge is 2.05. The number of nitrogens with zero attached hydrogens (tertiary/aromatic N) is 1. The molecular weight excluding hydrogens is 190 g/mol. The van der Waals surface area contributed by atoms with Crippen molar-refractivity contribution in [1.29, 1.82) is 0 Å². The van der Waals surface area contributed by atoms with Crippen molar-refractivity contribution >= 4 is 17.5 Å². The number of aromatic nitrogens is 2. The first kappa shape index (κ1) is 10.1. The summed E-state index contributed by atoms with van der Waals surface area (Å²) in [6.45, 7) is 2.48. The van der Waals surface area contributed by atoms with E-state index in [4.69, 9.17) is 11.6 Å². The number of H-pyrrole nitrogens is 1. The molecule has 0 saturated heterocycles. The lowest BCUT2D eigenvalue weighted by Gasteiger charge is -2.03. The SMILES string of the molecule is CC(Cl)CCNC(=O)c1ccn[nH]1. The number of hydrogen-bond donors (Lipinski definition) is 2. The molecule has 1 unspecified atom stereocenters. The van der Waals surface area contributed by atoms with E-state index in [1.165, 1.54) is 0 Å². The fraction of sp³-hybridized carbons (Fsp3) is 0.500. The Morgan fingerprint density at radius 2 is 2.62 bits per heavy atom.